The molecule has 6 heteroatoms. The normalized spacial score (nSPS) is 15.2. The fourth-order valence-electron chi connectivity index (χ4n) is 1.53. The average Bonchev–Trinajstić information content (AvgIpc) is 2.18. The molecule has 0 saturated carbocycles. The summed E-state index contributed by atoms with van der Waals surface area (Å²) in [5, 5.41) is 34.9. The van der Waals surface area contributed by atoms with Crippen LogP contribution >= 0.6 is 0 Å². The van der Waals surface area contributed by atoms with Crippen molar-refractivity contribution in [1.82, 2.24) is 0 Å². The predicted octanol–water partition coefficient (Wildman–Crippen LogP) is 0.851. The van der Waals surface area contributed by atoms with Crippen LogP contribution < -0.4 is 0 Å². The lowest BCUT2D eigenvalue weighted by atomic mass is 9.80. The van der Waals surface area contributed by atoms with Crippen LogP contribution in [0.25, 0.3) is 0 Å². The largest absolute Gasteiger partial charge is 0.480 e. The Bertz CT molecular complexity index is 321. The van der Waals surface area contributed by atoms with Crippen molar-refractivity contribution in [2.75, 3.05) is 0 Å². The summed E-state index contributed by atoms with van der Waals surface area (Å²) in [4.78, 5) is 21.5. The van der Waals surface area contributed by atoms with E-state index in [1.54, 1.807) is 19.1 Å². The van der Waals surface area contributed by atoms with Crippen LogP contribution in [0.5, 0.6) is 0 Å². The molecular formula is C10H12N2O4. The van der Waals surface area contributed by atoms with Gasteiger partial charge in [0.25, 0.3) is 0 Å². The highest BCUT2D eigenvalue weighted by atomic mass is 16.4. The molecule has 0 aromatic carbocycles. The second-order valence-corrected chi connectivity index (χ2v) is 3.34. The van der Waals surface area contributed by atoms with E-state index in [0.717, 1.165) is 0 Å². The van der Waals surface area contributed by atoms with E-state index in [4.69, 9.17) is 20.7 Å². The SMILES string of the molecule is CCCC(C(C#N)C(=O)O)C(C#N)C(=O)O. The number of carboxylic acid groups (broad SMARTS) is 2. The van der Waals surface area contributed by atoms with Crippen LogP contribution in [-0.4, -0.2) is 22.2 Å². The number of rotatable bonds is 6. The number of carboxylic acids is 2. The third-order valence-corrected chi connectivity index (χ3v) is 2.29. The van der Waals surface area contributed by atoms with Crippen molar-refractivity contribution in [2.24, 2.45) is 17.8 Å². The van der Waals surface area contributed by atoms with E-state index in [9.17, 15) is 9.59 Å². The summed E-state index contributed by atoms with van der Waals surface area (Å²) in [6, 6.07) is 3.08. The fraction of sp³-hybridized carbons (Fsp3) is 0.600. The molecule has 0 aliphatic carbocycles. The minimum Gasteiger partial charge on any atom is -0.480 e. The van der Waals surface area contributed by atoms with Gasteiger partial charge in [-0.15, -0.1) is 0 Å². The fourth-order valence-corrected chi connectivity index (χ4v) is 1.53. The molecule has 0 radical (unpaired) electrons. The molecule has 2 atom stereocenters. The lowest BCUT2D eigenvalue weighted by Gasteiger charge is -2.20. The second kappa shape index (κ2) is 6.41. The van der Waals surface area contributed by atoms with Crippen molar-refractivity contribution in [3.63, 3.8) is 0 Å². The first-order valence-corrected chi connectivity index (χ1v) is 4.74. The Balaban J connectivity index is 5.13. The van der Waals surface area contributed by atoms with Crippen molar-refractivity contribution < 1.29 is 19.8 Å². The molecule has 0 amide bonds. The average molecular weight is 224 g/mol. The summed E-state index contributed by atoms with van der Waals surface area (Å²) in [6.45, 7) is 1.74. The highest BCUT2D eigenvalue weighted by Gasteiger charge is 2.37. The molecule has 0 aliphatic heterocycles. The second-order valence-electron chi connectivity index (χ2n) is 3.34. The van der Waals surface area contributed by atoms with Gasteiger partial charge in [-0.1, -0.05) is 13.3 Å². The summed E-state index contributed by atoms with van der Waals surface area (Å²) in [5.74, 6) is -6.67. The first kappa shape index (κ1) is 13.9. The number of nitriles is 2. The zero-order valence-corrected chi connectivity index (χ0v) is 8.75. The Hall–Kier alpha value is -2.08. The third kappa shape index (κ3) is 3.25. The highest BCUT2D eigenvalue weighted by molar-refractivity contribution is 5.77. The predicted molar refractivity (Wildman–Crippen MR) is 51.9 cm³/mol. The Morgan fingerprint density at radius 2 is 1.50 bits per heavy atom. The maximum atomic E-state index is 10.8. The molecule has 16 heavy (non-hydrogen) atoms. The van der Waals surface area contributed by atoms with E-state index in [1.165, 1.54) is 0 Å². The molecule has 0 rings (SSSR count). The van der Waals surface area contributed by atoms with Gasteiger partial charge in [0.2, 0.25) is 0 Å². The van der Waals surface area contributed by atoms with Gasteiger partial charge >= 0.3 is 11.9 Å². The molecule has 0 spiro atoms. The van der Waals surface area contributed by atoms with Gasteiger partial charge in [-0.25, -0.2) is 0 Å². The van der Waals surface area contributed by atoms with Crippen molar-refractivity contribution in [1.29, 1.82) is 10.5 Å². The zero-order chi connectivity index (χ0) is 12.7. The maximum Gasteiger partial charge on any atom is 0.321 e. The first-order chi connectivity index (χ1) is 7.49. The van der Waals surface area contributed by atoms with Crippen molar-refractivity contribution >= 4 is 11.9 Å². The summed E-state index contributed by atoms with van der Waals surface area (Å²) >= 11 is 0. The molecule has 0 heterocycles. The molecule has 0 aromatic rings. The lowest BCUT2D eigenvalue weighted by molar-refractivity contribution is -0.145. The van der Waals surface area contributed by atoms with Crippen LogP contribution in [0.1, 0.15) is 19.8 Å². The molecule has 86 valence electrons. The van der Waals surface area contributed by atoms with Gasteiger partial charge in [0, 0.05) is 5.92 Å². The Morgan fingerprint density at radius 3 is 1.69 bits per heavy atom. The van der Waals surface area contributed by atoms with Crippen molar-refractivity contribution in [2.45, 2.75) is 19.8 Å². The number of aliphatic carboxylic acids is 2. The van der Waals surface area contributed by atoms with Gasteiger partial charge < -0.3 is 10.2 Å². The van der Waals surface area contributed by atoms with E-state index in [-0.39, 0.29) is 6.42 Å². The molecule has 0 aliphatic rings. The Morgan fingerprint density at radius 1 is 1.12 bits per heavy atom. The quantitative estimate of drug-likeness (QED) is 0.689. The molecule has 2 N–H and O–H groups in total. The topological polar surface area (TPSA) is 122 Å². The zero-order valence-electron chi connectivity index (χ0n) is 8.75. The third-order valence-electron chi connectivity index (χ3n) is 2.29. The van der Waals surface area contributed by atoms with Crippen LogP contribution in [0.3, 0.4) is 0 Å². The minimum atomic E-state index is -1.46. The summed E-state index contributed by atoms with van der Waals surface area (Å²) < 4.78 is 0. The van der Waals surface area contributed by atoms with Gasteiger partial charge in [-0.05, 0) is 6.42 Å². The summed E-state index contributed by atoms with van der Waals surface area (Å²) in [5.41, 5.74) is 0. The standard InChI is InChI=1S/C10H12N2O4/c1-2-3-6(7(4-11)9(13)14)8(5-12)10(15)16/h6-8H,2-3H2,1H3,(H,13,14)(H,15,16). The monoisotopic (exact) mass is 224 g/mol. The van der Waals surface area contributed by atoms with Crippen LogP contribution in [-0.2, 0) is 9.59 Å². The summed E-state index contributed by atoms with van der Waals surface area (Å²) in [7, 11) is 0. The van der Waals surface area contributed by atoms with Gasteiger partial charge in [0.15, 0.2) is 0 Å². The molecule has 0 saturated heterocycles. The smallest absolute Gasteiger partial charge is 0.321 e. The first-order valence-electron chi connectivity index (χ1n) is 4.74. The molecular weight excluding hydrogens is 212 g/mol. The molecule has 0 aromatic heterocycles. The van der Waals surface area contributed by atoms with Crippen molar-refractivity contribution in [3.05, 3.63) is 0 Å². The number of hydrogen-bond donors (Lipinski definition) is 2. The van der Waals surface area contributed by atoms with E-state index in [2.05, 4.69) is 0 Å². The van der Waals surface area contributed by atoms with E-state index >= 15 is 0 Å². The van der Waals surface area contributed by atoms with E-state index in [1.807, 2.05) is 0 Å². The molecule has 0 bridgehead atoms. The van der Waals surface area contributed by atoms with Gasteiger partial charge in [-0.3, -0.25) is 9.59 Å². The van der Waals surface area contributed by atoms with Crippen LogP contribution in [0.2, 0.25) is 0 Å². The van der Waals surface area contributed by atoms with E-state index < -0.39 is 29.7 Å². The lowest BCUT2D eigenvalue weighted by Crippen LogP contribution is -2.32. The Labute approximate surface area is 92.7 Å². The van der Waals surface area contributed by atoms with Crippen LogP contribution in [0.4, 0.5) is 0 Å². The summed E-state index contributed by atoms with van der Waals surface area (Å²) in [6.07, 6.45) is 0.733. The molecule has 0 fully saturated rings. The minimum absolute atomic E-state index is 0.217. The Kier molecular flexibility index (Phi) is 5.58. The van der Waals surface area contributed by atoms with Crippen molar-refractivity contribution in [3.8, 4) is 12.1 Å². The molecule has 6 nitrogen and oxygen atoms in total. The maximum absolute atomic E-state index is 10.8. The van der Waals surface area contributed by atoms with Gasteiger partial charge in [-0.2, -0.15) is 10.5 Å². The number of carbonyl (C=O) groups is 2. The number of nitrogens with zero attached hydrogens (tertiary/aromatic N) is 2. The molecule has 2 unspecified atom stereocenters. The van der Waals surface area contributed by atoms with Gasteiger partial charge in [0.1, 0.15) is 11.8 Å². The van der Waals surface area contributed by atoms with Crippen LogP contribution in [0, 0.1) is 40.4 Å². The highest BCUT2D eigenvalue weighted by Crippen LogP contribution is 2.26. The van der Waals surface area contributed by atoms with Crippen LogP contribution in [0.15, 0.2) is 0 Å². The van der Waals surface area contributed by atoms with E-state index in [0.29, 0.717) is 6.42 Å². The van der Waals surface area contributed by atoms with Gasteiger partial charge in [0.05, 0.1) is 12.1 Å². The number of hydrogen-bond acceptors (Lipinski definition) is 4.